The minimum Gasteiger partial charge on any atom is -0.396 e. The lowest BCUT2D eigenvalue weighted by Gasteiger charge is -2.26. The number of H-pyrrole nitrogens is 1. The number of likely N-dealkylation sites (tertiary alicyclic amines) is 1. The zero-order valence-corrected chi connectivity index (χ0v) is 12.9. The standard InChI is InChI=1S/C18H20N2O3/c21-11-18-7-3-4-12(18)9-20(10-18)17(23)14-8-16(22)19-15-6-2-1-5-13(14)15/h1-2,5-6,8,12,21H,3-4,7,9-11H2,(H,19,22)/t12-,18+/m1/s1. The van der Waals surface area contributed by atoms with Crippen molar-refractivity contribution < 1.29 is 9.90 Å². The van der Waals surface area contributed by atoms with Gasteiger partial charge in [0.25, 0.3) is 5.91 Å². The fourth-order valence-corrected chi connectivity index (χ4v) is 4.38. The number of benzene rings is 1. The summed E-state index contributed by atoms with van der Waals surface area (Å²) in [6.07, 6.45) is 3.18. The van der Waals surface area contributed by atoms with Crippen LogP contribution in [0.5, 0.6) is 0 Å². The van der Waals surface area contributed by atoms with Crippen molar-refractivity contribution in [2.45, 2.75) is 19.3 Å². The molecule has 0 radical (unpaired) electrons. The molecule has 4 rings (SSSR count). The van der Waals surface area contributed by atoms with Crippen LogP contribution in [-0.4, -0.2) is 40.6 Å². The Bertz CT molecular complexity index is 828. The Morgan fingerprint density at radius 3 is 3.00 bits per heavy atom. The number of nitrogens with zero attached hydrogens (tertiary/aromatic N) is 1. The quantitative estimate of drug-likeness (QED) is 0.887. The largest absolute Gasteiger partial charge is 0.396 e. The Labute approximate surface area is 133 Å². The molecule has 0 bridgehead atoms. The van der Waals surface area contributed by atoms with Gasteiger partial charge in [0.2, 0.25) is 5.56 Å². The van der Waals surface area contributed by atoms with Crippen LogP contribution in [0.25, 0.3) is 10.9 Å². The number of aliphatic hydroxyl groups is 1. The maximum atomic E-state index is 13.0. The number of aliphatic hydroxyl groups excluding tert-OH is 1. The van der Waals surface area contributed by atoms with E-state index >= 15 is 0 Å². The van der Waals surface area contributed by atoms with E-state index in [4.69, 9.17) is 0 Å². The van der Waals surface area contributed by atoms with Gasteiger partial charge in [-0.05, 0) is 24.8 Å². The van der Waals surface area contributed by atoms with E-state index in [0.717, 1.165) is 24.6 Å². The predicted octanol–water partition coefficient (Wildman–Crippen LogP) is 1.76. The summed E-state index contributed by atoms with van der Waals surface area (Å²) in [7, 11) is 0. The maximum Gasteiger partial charge on any atom is 0.254 e. The molecule has 1 aromatic carbocycles. The third-order valence-electron chi connectivity index (χ3n) is 5.62. The molecular formula is C18H20N2O3. The van der Waals surface area contributed by atoms with E-state index < -0.39 is 0 Å². The summed E-state index contributed by atoms with van der Waals surface area (Å²) in [5, 5.41) is 10.6. The van der Waals surface area contributed by atoms with Crippen molar-refractivity contribution >= 4 is 16.8 Å². The van der Waals surface area contributed by atoms with Crippen LogP contribution in [-0.2, 0) is 0 Å². The summed E-state index contributed by atoms with van der Waals surface area (Å²) in [4.78, 5) is 29.5. The first-order chi connectivity index (χ1) is 11.1. The van der Waals surface area contributed by atoms with Gasteiger partial charge in [-0.1, -0.05) is 24.6 Å². The molecule has 0 unspecified atom stereocenters. The Balaban J connectivity index is 1.72. The normalized spacial score (nSPS) is 26.7. The second kappa shape index (κ2) is 5.20. The summed E-state index contributed by atoms with van der Waals surface area (Å²) in [5.74, 6) is 0.277. The van der Waals surface area contributed by atoms with Crippen molar-refractivity contribution in [1.29, 1.82) is 0 Å². The predicted molar refractivity (Wildman–Crippen MR) is 87.3 cm³/mol. The van der Waals surface area contributed by atoms with Gasteiger partial charge in [0.05, 0.1) is 12.2 Å². The van der Waals surface area contributed by atoms with Crippen molar-refractivity contribution in [3.05, 3.63) is 46.2 Å². The molecule has 1 saturated heterocycles. The smallest absolute Gasteiger partial charge is 0.254 e. The van der Waals surface area contributed by atoms with Gasteiger partial charge in [0, 0.05) is 35.5 Å². The van der Waals surface area contributed by atoms with Crippen molar-refractivity contribution in [1.82, 2.24) is 9.88 Å². The van der Waals surface area contributed by atoms with E-state index in [1.807, 2.05) is 23.1 Å². The first-order valence-corrected chi connectivity index (χ1v) is 8.15. The number of amides is 1. The molecule has 1 amide bonds. The minimum absolute atomic E-state index is 0.102. The van der Waals surface area contributed by atoms with Gasteiger partial charge >= 0.3 is 0 Å². The third kappa shape index (κ3) is 2.18. The topological polar surface area (TPSA) is 73.4 Å². The number of nitrogens with one attached hydrogen (secondary N) is 1. The second-order valence-corrected chi connectivity index (χ2v) is 6.89. The van der Waals surface area contributed by atoms with Gasteiger partial charge < -0.3 is 15.0 Å². The van der Waals surface area contributed by atoms with Gasteiger partial charge in [-0.25, -0.2) is 0 Å². The fraction of sp³-hybridized carbons (Fsp3) is 0.444. The van der Waals surface area contributed by atoms with E-state index in [2.05, 4.69) is 4.98 Å². The molecule has 5 nitrogen and oxygen atoms in total. The highest BCUT2D eigenvalue weighted by atomic mass is 16.3. The number of aromatic amines is 1. The summed E-state index contributed by atoms with van der Waals surface area (Å²) >= 11 is 0. The van der Waals surface area contributed by atoms with E-state index in [0.29, 0.717) is 30.1 Å². The highest BCUT2D eigenvalue weighted by Gasteiger charge is 2.50. The van der Waals surface area contributed by atoms with Crippen LogP contribution in [0.4, 0.5) is 0 Å². The Hall–Kier alpha value is -2.14. The van der Waals surface area contributed by atoms with Crippen molar-refractivity contribution in [3.8, 4) is 0 Å². The van der Waals surface area contributed by atoms with E-state index in [-0.39, 0.29) is 23.5 Å². The van der Waals surface area contributed by atoms with Crippen molar-refractivity contribution in [2.24, 2.45) is 11.3 Å². The average molecular weight is 312 g/mol. The first-order valence-electron chi connectivity index (χ1n) is 8.15. The number of aromatic nitrogens is 1. The van der Waals surface area contributed by atoms with E-state index in [9.17, 15) is 14.7 Å². The number of carbonyl (C=O) groups excluding carboxylic acids is 1. The highest BCUT2D eigenvalue weighted by Crippen LogP contribution is 2.48. The van der Waals surface area contributed by atoms with Crippen LogP contribution in [0, 0.1) is 11.3 Å². The lowest BCUT2D eigenvalue weighted by molar-refractivity contribution is 0.0736. The molecule has 120 valence electrons. The van der Waals surface area contributed by atoms with Crippen LogP contribution in [0.15, 0.2) is 35.1 Å². The molecule has 2 N–H and O–H groups in total. The van der Waals surface area contributed by atoms with Crippen molar-refractivity contribution in [2.75, 3.05) is 19.7 Å². The molecule has 23 heavy (non-hydrogen) atoms. The zero-order chi connectivity index (χ0) is 16.0. The molecule has 1 aromatic heterocycles. The Kier molecular flexibility index (Phi) is 3.27. The van der Waals surface area contributed by atoms with Gasteiger partial charge in [-0.3, -0.25) is 9.59 Å². The Morgan fingerprint density at radius 1 is 1.39 bits per heavy atom. The lowest BCUT2D eigenvalue weighted by atomic mass is 9.82. The SMILES string of the molecule is O=C(c1cc(=O)[nH]c2ccccc12)N1C[C@H]2CCC[C@@]2(CO)C1. The third-order valence-corrected chi connectivity index (χ3v) is 5.62. The number of para-hydroxylation sites is 1. The van der Waals surface area contributed by atoms with Crippen LogP contribution in [0.2, 0.25) is 0 Å². The zero-order valence-electron chi connectivity index (χ0n) is 12.9. The summed E-state index contributed by atoms with van der Waals surface area (Å²) in [6.45, 7) is 1.41. The van der Waals surface area contributed by atoms with Gasteiger partial charge in [0.15, 0.2) is 0 Å². The molecule has 2 fully saturated rings. The highest BCUT2D eigenvalue weighted by molar-refractivity contribution is 6.06. The number of hydrogen-bond acceptors (Lipinski definition) is 3. The van der Waals surface area contributed by atoms with Crippen molar-refractivity contribution in [3.63, 3.8) is 0 Å². The molecule has 1 saturated carbocycles. The van der Waals surface area contributed by atoms with Crippen LogP contribution >= 0.6 is 0 Å². The summed E-state index contributed by atoms with van der Waals surface area (Å²) in [6, 6.07) is 8.77. The van der Waals surface area contributed by atoms with Gasteiger partial charge in [-0.2, -0.15) is 0 Å². The van der Waals surface area contributed by atoms with Gasteiger partial charge in [-0.15, -0.1) is 0 Å². The van der Waals surface area contributed by atoms with E-state index in [1.54, 1.807) is 6.07 Å². The number of hydrogen-bond donors (Lipinski definition) is 2. The number of fused-ring (bicyclic) bond motifs is 2. The lowest BCUT2D eigenvalue weighted by Crippen LogP contribution is -2.34. The molecule has 5 heteroatoms. The number of carbonyl (C=O) groups is 1. The molecule has 1 aliphatic heterocycles. The monoisotopic (exact) mass is 312 g/mol. The van der Waals surface area contributed by atoms with Gasteiger partial charge in [0.1, 0.15) is 0 Å². The minimum atomic E-state index is -0.261. The average Bonchev–Trinajstić information content (AvgIpc) is 3.10. The molecule has 2 aliphatic rings. The summed E-state index contributed by atoms with van der Waals surface area (Å²) in [5.41, 5.74) is 0.743. The molecular weight excluding hydrogens is 292 g/mol. The Morgan fingerprint density at radius 2 is 2.22 bits per heavy atom. The second-order valence-electron chi connectivity index (χ2n) is 6.89. The molecule has 2 heterocycles. The van der Waals surface area contributed by atoms with E-state index in [1.165, 1.54) is 6.07 Å². The van der Waals surface area contributed by atoms with Crippen LogP contribution in [0.3, 0.4) is 0 Å². The number of rotatable bonds is 2. The summed E-state index contributed by atoms with van der Waals surface area (Å²) < 4.78 is 0. The molecule has 2 aromatic rings. The van der Waals surface area contributed by atoms with Crippen LogP contribution < -0.4 is 5.56 Å². The fourth-order valence-electron chi connectivity index (χ4n) is 4.38. The molecule has 2 atom stereocenters. The number of pyridine rings is 1. The van der Waals surface area contributed by atoms with Crippen LogP contribution in [0.1, 0.15) is 29.6 Å². The first kappa shape index (κ1) is 14.5. The maximum absolute atomic E-state index is 13.0. The molecule has 0 spiro atoms. The molecule has 1 aliphatic carbocycles.